The van der Waals surface area contributed by atoms with Crippen LogP contribution >= 0.6 is 11.6 Å². The first-order chi connectivity index (χ1) is 17.4. The van der Waals surface area contributed by atoms with Crippen LogP contribution in [0.15, 0.2) is 78.4 Å². The number of nitrogens with one attached hydrogen (secondary N) is 1. The third kappa shape index (κ3) is 5.45. The molecule has 9 heteroatoms. The van der Waals surface area contributed by atoms with Gasteiger partial charge >= 0.3 is 12.0 Å². The predicted octanol–water partition coefficient (Wildman–Crippen LogP) is 4.76. The summed E-state index contributed by atoms with van der Waals surface area (Å²) in [5, 5.41) is 2.79. The number of halogens is 1. The molecule has 0 atom stereocenters. The number of amides is 4. The molecule has 4 amide bonds. The number of anilines is 1. The van der Waals surface area contributed by atoms with Gasteiger partial charge in [0.25, 0.3) is 11.8 Å². The summed E-state index contributed by atoms with van der Waals surface area (Å²) >= 11 is 5.92. The largest absolute Gasteiger partial charge is 0.488 e. The first-order valence-corrected chi connectivity index (χ1v) is 11.4. The summed E-state index contributed by atoms with van der Waals surface area (Å²) in [6.45, 7) is 2.15. The molecule has 36 heavy (non-hydrogen) atoms. The number of benzene rings is 3. The minimum Gasteiger partial charge on any atom is -0.488 e. The number of ether oxygens (including phenoxy) is 2. The number of rotatable bonds is 7. The van der Waals surface area contributed by atoms with Crippen molar-refractivity contribution in [3.63, 3.8) is 0 Å². The molecule has 0 radical (unpaired) electrons. The van der Waals surface area contributed by atoms with Gasteiger partial charge in [0.1, 0.15) is 17.9 Å². The van der Waals surface area contributed by atoms with E-state index in [4.69, 9.17) is 21.1 Å². The summed E-state index contributed by atoms with van der Waals surface area (Å²) in [5.74, 6) is -1.70. The van der Waals surface area contributed by atoms with Crippen molar-refractivity contribution in [3.05, 3.63) is 100 Å². The van der Waals surface area contributed by atoms with Crippen molar-refractivity contribution < 1.29 is 28.7 Å². The van der Waals surface area contributed by atoms with Gasteiger partial charge in [-0.05, 0) is 61.0 Å². The molecule has 0 bridgehead atoms. The lowest BCUT2D eigenvalue weighted by molar-refractivity contribution is -0.122. The van der Waals surface area contributed by atoms with Gasteiger partial charge < -0.3 is 9.47 Å². The fourth-order valence-electron chi connectivity index (χ4n) is 3.48. The third-order valence-corrected chi connectivity index (χ3v) is 5.52. The van der Waals surface area contributed by atoms with Gasteiger partial charge in [-0.1, -0.05) is 41.9 Å². The van der Waals surface area contributed by atoms with E-state index < -0.39 is 23.8 Å². The van der Waals surface area contributed by atoms with Crippen LogP contribution in [0.4, 0.5) is 10.5 Å². The molecule has 0 aromatic heterocycles. The third-order valence-electron chi connectivity index (χ3n) is 5.26. The van der Waals surface area contributed by atoms with E-state index in [1.54, 1.807) is 43.3 Å². The quantitative estimate of drug-likeness (QED) is 0.283. The number of imide groups is 2. The van der Waals surface area contributed by atoms with Crippen LogP contribution in [0.1, 0.15) is 28.4 Å². The van der Waals surface area contributed by atoms with Crippen molar-refractivity contribution in [1.29, 1.82) is 0 Å². The van der Waals surface area contributed by atoms with Gasteiger partial charge in [-0.25, -0.2) is 14.5 Å². The predicted molar refractivity (Wildman–Crippen MR) is 134 cm³/mol. The van der Waals surface area contributed by atoms with Gasteiger partial charge in [-0.2, -0.15) is 0 Å². The highest BCUT2D eigenvalue weighted by Gasteiger charge is 2.37. The van der Waals surface area contributed by atoms with Crippen molar-refractivity contribution in [1.82, 2.24) is 5.32 Å². The molecule has 1 heterocycles. The van der Waals surface area contributed by atoms with Gasteiger partial charge in [0.15, 0.2) is 0 Å². The second-order valence-corrected chi connectivity index (χ2v) is 8.11. The van der Waals surface area contributed by atoms with E-state index in [-0.39, 0.29) is 30.0 Å². The second kappa shape index (κ2) is 10.9. The summed E-state index contributed by atoms with van der Waals surface area (Å²) < 4.78 is 10.9. The number of carbonyl (C=O) groups excluding carboxylic acids is 4. The lowest BCUT2D eigenvalue weighted by atomic mass is 10.1. The molecule has 1 aliphatic heterocycles. The van der Waals surface area contributed by atoms with Crippen molar-refractivity contribution in [3.8, 4) is 5.75 Å². The number of esters is 1. The maximum absolute atomic E-state index is 13.2. The van der Waals surface area contributed by atoms with Gasteiger partial charge in [-0.15, -0.1) is 0 Å². The van der Waals surface area contributed by atoms with E-state index in [1.165, 1.54) is 30.3 Å². The molecule has 3 aromatic carbocycles. The first-order valence-electron chi connectivity index (χ1n) is 11.0. The molecule has 0 aliphatic carbocycles. The smallest absolute Gasteiger partial charge is 0.338 e. The summed E-state index contributed by atoms with van der Waals surface area (Å²) in [5.41, 5.74) is 1.58. The Morgan fingerprint density at radius 2 is 1.67 bits per heavy atom. The fourth-order valence-corrected chi connectivity index (χ4v) is 3.61. The van der Waals surface area contributed by atoms with Crippen LogP contribution in [0, 0.1) is 0 Å². The van der Waals surface area contributed by atoms with Crippen LogP contribution in [0.5, 0.6) is 5.75 Å². The summed E-state index contributed by atoms with van der Waals surface area (Å²) in [7, 11) is 0. The Hall–Kier alpha value is -4.43. The van der Waals surface area contributed by atoms with E-state index in [2.05, 4.69) is 5.32 Å². The zero-order valence-electron chi connectivity index (χ0n) is 19.2. The number of barbiturate groups is 1. The minimum atomic E-state index is -0.890. The maximum Gasteiger partial charge on any atom is 0.338 e. The second-order valence-electron chi connectivity index (χ2n) is 7.68. The number of nitrogens with zero attached hydrogens (tertiary/aromatic N) is 1. The zero-order chi connectivity index (χ0) is 25.7. The summed E-state index contributed by atoms with van der Waals surface area (Å²) in [6.07, 6.45) is 1.38. The minimum absolute atomic E-state index is 0.191. The molecular formula is C27H21ClN2O6. The number of hydrogen-bond donors (Lipinski definition) is 1. The van der Waals surface area contributed by atoms with E-state index in [0.717, 1.165) is 10.5 Å². The molecule has 0 unspecified atom stereocenters. The van der Waals surface area contributed by atoms with Crippen LogP contribution in [-0.2, 0) is 20.9 Å². The average molecular weight is 505 g/mol. The van der Waals surface area contributed by atoms with Crippen molar-refractivity contribution in [2.45, 2.75) is 13.5 Å². The Labute approximate surface area is 212 Å². The van der Waals surface area contributed by atoms with Crippen LogP contribution in [0.2, 0.25) is 5.02 Å². The normalized spacial score (nSPS) is 14.6. The van der Waals surface area contributed by atoms with E-state index in [9.17, 15) is 19.2 Å². The lowest BCUT2D eigenvalue weighted by Gasteiger charge is -2.26. The molecule has 3 aromatic rings. The first kappa shape index (κ1) is 24.7. The monoisotopic (exact) mass is 504 g/mol. The Bertz CT molecular complexity index is 1350. The van der Waals surface area contributed by atoms with Crippen molar-refractivity contribution >= 4 is 47.2 Å². The van der Waals surface area contributed by atoms with Crippen LogP contribution in [0.3, 0.4) is 0 Å². The highest BCUT2D eigenvalue weighted by atomic mass is 35.5. The van der Waals surface area contributed by atoms with Gasteiger partial charge in [0.05, 0.1) is 17.9 Å². The molecule has 1 aliphatic rings. The standard InChI is InChI=1S/C27H21ClN2O6/c1-2-35-26(33)18-9-13-21(14-10-18)30-25(32)22(24(31)29-27(30)34)15-19-5-3-4-6-23(19)36-16-17-7-11-20(28)12-8-17/h3-15H,2,16H2,1H3,(H,29,31,34)/b22-15+. The number of carbonyl (C=O) groups is 4. The molecule has 1 saturated heterocycles. The molecule has 4 rings (SSSR count). The number of para-hydroxylation sites is 1. The molecule has 182 valence electrons. The Morgan fingerprint density at radius 3 is 2.36 bits per heavy atom. The van der Waals surface area contributed by atoms with Crippen molar-refractivity contribution in [2.75, 3.05) is 11.5 Å². The van der Waals surface area contributed by atoms with Gasteiger partial charge in [0.2, 0.25) is 0 Å². The maximum atomic E-state index is 13.2. The van der Waals surface area contributed by atoms with E-state index >= 15 is 0 Å². The van der Waals surface area contributed by atoms with Gasteiger partial charge in [-0.3, -0.25) is 14.9 Å². The van der Waals surface area contributed by atoms with Crippen LogP contribution in [-0.4, -0.2) is 30.4 Å². The molecule has 1 N–H and O–H groups in total. The SMILES string of the molecule is CCOC(=O)c1ccc(N2C(=O)NC(=O)/C(=C\c3ccccc3OCc3ccc(Cl)cc3)C2=O)cc1. The molecule has 0 spiro atoms. The highest BCUT2D eigenvalue weighted by Crippen LogP contribution is 2.26. The van der Waals surface area contributed by atoms with Gasteiger partial charge in [0, 0.05) is 10.6 Å². The van der Waals surface area contributed by atoms with Crippen LogP contribution in [0.25, 0.3) is 6.08 Å². The van der Waals surface area contributed by atoms with E-state index in [1.807, 2.05) is 12.1 Å². The summed E-state index contributed by atoms with van der Waals surface area (Å²) in [6, 6.07) is 18.9. The molecule has 1 fully saturated rings. The van der Waals surface area contributed by atoms with Crippen molar-refractivity contribution in [2.24, 2.45) is 0 Å². The molecule has 8 nitrogen and oxygen atoms in total. The number of urea groups is 1. The molecule has 0 saturated carbocycles. The van der Waals surface area contributed by atoms with Crippen LogP contribution < -0.4 is 15.0 Å². The Kier molecular flexibility index (Phi) is 7.46. The average Bonchev–Trinajstić information content (AvgIpc) is 2.87. The topological polar surface area (TPSA) is 102 Å². The lowest BCUT2D eigenvalue weighted by Crippen LogP contribution is -2.54. The number of hydrogen-bond acceptors (Lipinski definition) is 6. The highest BCUT2D eigenvalue weighted by molar-refractivity contribution is 6.39. The fraction of sp³-hybridized carbons (Fsp3) is 0.111. The zero-order valence-corrected chi connectivity index (χ0v) is 20.0. The molecular weight excluding hydrogens is 484 g/mol. The Morgan fingerprint density at radius 1 is 0.972 bits per heavy atom. The Balaban J connectivity index is 1.59. The summed E-state index contributed by atoms with van der Waals surface area (Å²) in [4.78, 5) is 51.0. The van der Waals surface area contributed by atoms with E-state index in [0.29, 0.717) is 16.3 Å².